The van der Waals surface area contributed by atoms with E-state index < -0.39 is 42.6 Å². The van der Waals surface area contributed by atoms with Crippen molar-refractivity contribution in [3.63, 3.8) is 0 Å². The molecule has 0 atom stereocenters. The summed E-state index contributed by atoms with van der Waals surface area (Å²) >= 11 is 0.754. The van der Waals surface area contributed by atoms with Gasteiger partial charge in [0.05, 0.1) is 39.1 Å². The van der Waals surface area contributed by atoms with Gasteiger partial charge in [-0.25, -0.2) is 16.8 Å². The molecule has 0 radical (unpaired) electrons. The smallest absolute Gasteiger partial charge is 0.748 e. The van der Waals surface area contributed by atoms with Crippen molar-refractivity contribution in [1.82, 2.24) is 0 Å². The van der Waals surface area contributed by atoms with Gasteiger partial charge in [-0.05, 0) is 57.5 Å². The van der Waals surface area contributed by atoms with Gasteiger partial charge in [0.15, 0.2) is 12.3 Å². The number of nitrogens with zero attached hydrogens (tertiary/aromatic N) is 2. The number of hydrogen-bond donors (Lipinski definition) is 0. The summed E-state index contributed by atoms with van der Waals surface area (Å²) in [5.41, 5.74) is 6.14. The minimum Gasteiger partial charge on any atom is -0.748 e. The minimum atomic E-state index is -4.47. The molecule has 0 aromatic heterocycles. The third kappa shape index (κ3) is 11.0. The number of anilines is 1. The Kier molecular flexibility index (Phi) is 15.9. The van der Waals surface area contributed by atoms with Crippen LogP contribution < -0.4 is 69.3 Å². The van der Waals surface area contributed by atoms with Gasteiger partial charge in [0.1, 0.15) is 10.1 Å². The normalized spacial score (nSPS) is 17.9. The molecule has 254 valence electrons. The van der Waals surface area contributed by atoms with Crippen molar-refractivity contribution in [3.05, 3.63) is 101 Å². The van der Waals surface area contributed by atoms with Crippen LogP contribution in [0.25, 0.3) is 0 Å². The van der Waals surface area contributed by atoms with Crippen molar-refractivity contribution < 1.29 is 104 Å². The fraction of sp³-hybridized carbons (Fsp3) is 0.364. The molecule has 0 N–H and O–H groups in total. The van der Waals surface area contributed by atoms with Crippen LogP contribution in [-0.2, 0) is 40.4 Å². The standard InChI is InChI=1S/C33H40N2O9S3.2Na/c1-23(9-7-11-30-32(3,4)26-21-24(2)13-15-28(26)34(30)17-19-46(37,38)39)10-8-12-31-33(5,6)27-22-25(45-44-43-36)14-16-29(27)35(31)18-20-47(40,41)42;;/h7-16,21-22H,17-20H2,1-6H3,(H2-,36,37,38,39,40,41,42);;/q;2*+1/p-2. The average Bonchev–Trinajstić information content (AvgIpc) is 3.31. The van der Waals surface area contributed by atoms with Crippen LogP contribution in [-0.4, -0.2) is 60.8 Å². The SMILES string of the molecule is CC(C=C/C=C1/N(CCS(=O)(=O)[O-])c2ccc(C)cc2C1(C)C)=CC=CC1=[N+](CCS(=O)(=O)[O-])c2ccc(SOO[O-])cc2C1(C)C.[Na+].[Na+]. The van der Waals surface area contributed by atoms with Crippen LogP contribution in [0.4, 0.5) is 11.4 Å². The number of allylic oxidation sites excluding steroid dienone is 8. The molecule has 2 aromatic rings. The predicted octanol–water partition coefficient (Wildman–Crippen LogP) is -1.56. The molecule has 0 amide bonds. The predicted molar refractivity (Wildman–Crippen MR) is 178 cm³/mol. The maximum atomic E-state index is 11.5. The summed E-state index contributed by atoms with van der Waals surface area (Å²) in [5.74, 6) is -1.09. The van der Waals surface area contributed by atoms with Crippen LogP contribution in [0.5, 0.6) is 0 Å². The van der Waals surface area contributed by atoms with Crippen LogP contribution in [0, 0.1) is 6.92 Å². The first-order valence-electron chi connectivity index (χ1n) is 14.8. The van der Waals surface area contributed by atoms with E-state index in [1.807, 2.05) is 91.8 Å². The number of benzene rings is 2. The van der Waals surface area contributed by atoms with Gasteiger partial charge in [-0.1, -0.05) is 61.4 Å². The molecule has 0 unspecified atom stereocenters. The zero-order valence-electron chi connectivity index (χ0n) is 29.1. The summed E-state index contributed by atoms with van der Waals surface area (Å²) < 4.78 is 75.3. The van der Waals surface area contributed by atoms with Gasteiger partial charge in [-0.3, -0.25) is 5.04 Å². The number of hydrogen-bond acceptors (Lipinski definition) is 11. The van der Waals surface area contributed by atoms with Crippen molar-refractivity contribution in [2.75, 3.05) is 29.5 Å². The number of fused-ring (bicyclic) bond motifs is 2. The summed E-state index contributed by atoms with van der Waals surface area (Å²) in [6.45, 7) is 12.0. The van der Waals surface area contributed by atoms with Crippen molar-refractivity contribution in [2.24, 2.45) is 0 Å². The molecule has 16 heteroatoms. The number of rotatable bonds is 13. The van der Waals surface area contributed by atoms with E-state index in [1.165, 1.54) is 0 Å². The van der Waals surface area contributed by atoms with E-state index in [0.29, 0.717) is 4.90 Å². The van der Waals surface area contributed by atoms with Crippen LogP contribution in [0.15, 0.2) is 89.0 Å². The second kappa shape index (κ2) is 17.6. The van der Waals surface area contributed by atoms with Gasteiger partial charge in [0.25, 0.3) is 0 Å². The Bertz CT molecular complexity index is 1920. The van der Waals surface area contributed by atoms with Gasteiger partial charge >= 0.3 is 59.1 Å². The molecule has 2 aromatic carbocycles. The molecule has 4 rings (SSSR count). The van der Waals surface area contributed by atoms with E-state index in [1.54, 1.807) is 12.1 Å². The van der Waals surface area contributed by atoms with Gasteiger partial charge in [-0.15, -0.1) is 0 Å². The third-order valence-corrected chi connectivity index (χ3v) is 10.4. The second-order valence-electron chi connectivity index (χ2n) is 12.6. The molecule has 0 aliphatic carbocycles. The Hall–Kier alpha value is -1.08. The Balaban J connectivity index is 0.00000417. The van der Waals surface area contributed by atoms with Crippen LogP contribution >= 0.6 is 12.0 Å². The molecule has 0 fully saturated rings. The Morgan fingerprint density at radius 3 is 2.24 bits per heavy atom. The largest absolute Gasteiger partial charge is 1.00 e. The fourth-order valence-electron chi connectivity index (χ4n) is 6.07. The van der Waals surface area contributed by atoms with E-state index in [2.05, 4.69) is 29.3 Å². The molecule has 2 heterocycles. The molecule has 2 aliphatic heterocycles. The maximum absolute atomic E-state index is 11.5. The molecule has 0 saturated carbocycles. The quantitative estimate of drug-likeness (QED) is 0.0443. The minimum absolute atomic E-state index is 0. The first-order chi connectivity index (χ1) is 21.8. The Morgan fingerprint density at radius 2 is 1.61 bits per heavy atom. The molecule has 0 saturated heterocycles. The first kappa shape index (κ1) is 44.1. The Labute approximate surface area is 338 Å². The average molecular weight is 749 g/mol. The molecule has 49 heavy (non-hydrogen) atoms. The van der Waals surface area contributed by atoms with Crippen molar-refractivity contribution in [2.45, 2.75) is 57.3 Å². The molecule has 0 spiro atoms. The zero-order valence-corrected chi connectivity index (χ0v) is 35.5. The van der Waals surface area contributed by atoms with Crippen molar-refractivity contribution in [1.29, 1.82) is 0 Å². The number of aryl methyl sites for hydroxylation is 1. The van der Waals surface area contributed by atoms with Crippen LogP contribution in [0.2, 0.25) is 0 Å². The van der Waals surface area contributed by atoms with Gasteiger partial charge in [0, 0.05) is 45.9 Å². The summed E-state index contributed by atoms with van der Waals surface area (Å²) in [6, 6.07) is 11.3. The molecule has 0 bridgehead atoms. The third-order valence-electron chi connectivity index (χ3n) is 8.42. The second-order valence-corrected chi connectivity index (χ2v) is 16.4. The van der Waals surface area contributed by atoms with Crippen molar-refractivity contribution in [3.8, 4) is 0 Å². The monoisotopic (exact) mass is 748 g/mol. The summed E-state index contributed by atoms with van der Waals surface area (Å²) in [5, 5.41) is 13.8. The Morgan fingerprint density at radius 1 is 0.939 bits per heavy atom. The van der Waals surface area contributed by atoms with Crippen LogP contribution in [0.1, 0.15) is 51.3 Å². The molecular formula is C33H38N2Na2O9S3. The first-order valence-corrected chi connectivity index (χ1v) is 18.7. The van der Waals surface area contributed by atoms with E-state index >= 15 is 0 Å². The van der Waals surface area contributed by atoms with Crippen molar-refractivity contribution >= 4 is 49.4 Å². The van der Waals surface area contributed by atoms with Gasteiger partial charge in [-0.2, -0.15) is 8.91 Å². The zero-order chi connectivity index (χ0) is 34.8. The maximum Gasteiger partial charge on any atom is 1.00 e. The van der Waals surface area contributed by atoms with Gasteiger partial charge < -0.3 is 19.3 Å². The summed E-state index contributed by atoms with van der Waals surface area (Å²) in [7, 11) is -8.88. The van der Waals surface area contributed by atoms with E-state index in [0.717, 1.165) is 57.1 Å². The van der Waals surface area contributed by atoms with E-state index in [-0.39, 0.29) is 72.2 Å². The van der Waals surface area contributed by atoms with Gasteiger partial charge in [0.2, 0.25) is 5.69 Å². The van der Waals surface area contributed by atoms with E-state index in [4.69, 9.17) is 0 Å². The molecular weight excluding hydrogens is 711 g/mol. The summed E-state index contributed by atoms with van der Waals surface area (Å²) in [4.78, 5) is 2.51. The summed E-state index contributed by atoms with van der Waals surface area (Å²) in [6.07, 6.45) is 11.3. The molecule has 2 aliphatic rings. The topological polar surface area (TPSA) is 162 Å². The van der Waals surface area contributed by atoms with Crippen LogP contribution in [0.3, 0.4) is 0 Å². The fourth-order valence-corrected chi connectivity index (χ4v) is 7.28. The molecule has 11 nitrogen and oxygen atoms in total. The van der Waals surface area contributed by atoms with E-state index in [9.17, 15) is 31.2 Å².